The molecular weight excluding hydrogens is 232 g/mol. The third kappa shape index (κ3) is 2.94. The fraction of sp³-hybridized carbons (Fsp3) is 0.846. The molecule has 2 fully saturated rings. The minimum absolute atomic E-state index is 0.222. The third-order valence-electron chi connectivity index (χ3n) is 4.16. The molecule has 0 radical (unpaired) electrons. The Balaban J connectivity index is 1.91. The Morgan fingerprint density at radius 2 is 1.61 bits per heavy atom. The Hall–Kier alpha value is -1.26. The normalized spacial score (nSPS) is 23.6. The molecule has 0 unspecified atom stereocenters. The highest BCUT2D eigenvalue weighted by atomic mass is 16.4. The molecule has 0 spiro atoms. The maximum absolute atomic E-state index is 11.9. The Labute approximate surface area is 107 Å². The van der Waals surface area contributed by atoms with Gasteiger partial charge in [0.15, 0.2) is 0 Å². The molecule has 3 N–H and O–H groups in total. The van der Waals surface area contributed by atoms with Crippen LogP contribution in [0, 0.1) is 0 Å². The molecule has 102 valence electrons. The van der Waals surface area contributed by atoms with Gasteiger partial charge < -0.3 is 15.7 Å². The minimum Gasteiger partial charge on any atom is -0.480 e. The summed E-state index contributed by atoms with van der Waals surface area (Å²) in [6, 6.07) is -0.0920. The van der Waals surface area contributed by atoms with Gasteiger partial charge in [-0.25, -0.2) is 9.59 Å². The summed E-state index contributed by atoms with van der Waals surface area (Å²) in [5.41, 5.74) is -1.04. The molecular formula is C13H22N2O3. The summed E-state index contributed by atoms with van der Waals surface area (Å²) < 4.78 is 0. The average Bonchev–Trinajstić information content (AvgIpc) is 2.82. The van der Waals surface area contributed by atoms with E-state index in [0.717, 1.165) is 44.9 Å². The lowest BCUT2D eigenvalue weighted by Gasteiger charge is -2.34. The first-order valence-corrected chi connectivity index (χ1v) is 6.94. The molecule has 0 aromatic rings. The highest BCUT2D eigenvalue weighted by Crippen LogP contribution is 2.28. The van der Waals surface area contributed by atoms with Crippen molar-refractivity contribution >= 4 is 12.0 Å². The van der Waals surface area contributed by atoms with E-state index in [0.29, 0.717) is 12.8 Å². The lowest BCUT2D eigenvalue weighted by Crippen LogP contribution is -2.59. The highest BCUT2D eigenvalue weighted by molar-refractivity contribution is 5.86. The van der Waals surface area contributed by atoms with Crippen LogP contribution in [0.4, 0.5) is 4.79 Å². The second-order valence-electron chi connectivity index (χ2n) is 5.53. The molecule has 2 rings (SSSR count). The van der Waals surface area contributed by atoms with Crippen molar-refractivity contribution in [2.24, 2.45) is 0 Å². The van der Waals surface area contributed by atoms with Crippen LogP contribution in [0.1, 0.15) is 57.8 Å². The highest BCUT2D eigenvalue weighted by Gasteiger charge is 2.41. The van der Waals surface area contributed by atoms with Gasteiger partial charge in [-0.3, -0.25) is 0 Å². The van der Waals surface area contributed by atoms with Crippen molar-refractivity contribution in [1.29, 1.82) is 0 Å². The molecule has 0 aliphatic heterocycles. The van der Waals surface area contributed by atoms with E-state index in [4.69, 9.17) is 0 Å². The SMILES string of the molecule is O=C(NC1CCCC1)NC1(C(=O)O)CCCCC1. The van der Waals surface area contributed by atoms with Crippen LogP contribution in [0.3, 0.4) is 0 Å². The number of carboxylic acids is 1. The van der Waals surface area contributed by atoms with Crippen LogP contribution in [-0.4, -0.2) is 28.7 Å². The standard InChI is InChI=1S/C13H22N2O3/c16-11(17)13(8-4-1-5-9-13)15-12(18)14-10-6-2-3-7-10/h10H,1-9H2,(H,16,17)(H2,14,15,18). The van der Waals surface area contributed by atoms with Crippen LogP contribution < -0.4 is 10.6 Å². The number of aliphatic carboxylic acids is 1. The predicted octanol–water partition coefficient (Wildman–Crippen LogP) is 2.02. The summed E-state index contributed by atoms with van der Waals surface area (Å²) in [4.78, 5) is 23.3. The van der Waals surface area contributed by atoms with Crippen LogP contribution in [0.2, 0.25) is 0 Å². The van der Waals surface area contributed by atoms with Gasteiger partial charge in [-0.15, -0.1) is 0 Å². The van der Waals surface area contributed by atoms with Crippen molar-refractivity contribution in [1.82, 2.24) is 10.6 Å². The van der Waals surface area contributed by atoms with Gasteiger partial charge in [-0.05, 0) is 25.7 Å². The monoisotopic (exact) mass is 254 g/mol. The van der Waals surface area contributed by atoms with E-state index in [1.165, 1.54) is 0 Å². The van der Waals surface area contributed by atoms with Crippen molar-refractivity contribution in [2.45, 2.75) is 69.4 Å². The molecule has 5 nitrogen and oxygen atoms in total. The maximum Gasteiger partial charge on any atom is 0.329 e. The predicted molar refractivity (Wildman–Crippen MR) is 67.4 cm³/mol. The van der Waals surface area contributed by atoms with E-state index >= 15 is 0 Å². The zero-order valence-corrected chi connectivity index (χ0v) is 10.7. The topological polar surface area (TPSA) is 78.4 Å². The molecule has 2 aliphatic carbocycles. The van der Waals surface area contributed by atoms with Gasteiger partial charge >= 0.3 is 12.0 Å². The molecule has 0 aromatic heterocycles. The van der Waals surface area contributed by atoms with Crippen LogP contribution in [0.25, 0.3) is 0 Å². The second-order valence-corrected chi connectivity index (χ2v) is 5.53. The molecule has 2 amide bonds. The number of carboxylic acid groups (broad SMARTS) is 1. The maximum atomic E-state index is 11.9. The van der Waals surface area contributed by atoms with E-state index in [9.17, 15) is 14.7 Å². The first kappa shape index (κ1) is 13.2. The van der Waals surface area contributed by atoms with Gasteiger partial charge in [-0.2, -0.15) is 0 Å². The molecule has 2 aliphatic rings. The minimum atomic E-state index is -1.04. The second kappa shape index (κ2) is 5.59. The van der Waals surface area contributed by atoms with Gasteiger partial charge in [0.2, 0.25) is 0 Å². The van der Waals surface area contributed by atoms with Gasteiger partial charge in [0.1, 0.15) is 5.54 Å². The zero-order chi connectivity index (χ0) is 13.0. The average molecular weight is 254 g/mol. The largest absolute Gasteiger partial charge is 0.480 e. The molecule has 2 saturated carbocycles. The van der Waals surface area contributed by atoms with Gasteiger partial charge in [-0.1, -0.05) is 32.1 Å². The van der Waals surface area contributed by atoms with E-state index in [1.54, 1.807) is 0 Å². The van der Waals surface area contributed by atoms with Gasteiger partial charge in [0, 0.05) is 6.04 Å². The first-order valence-electron chi connectivity index (χ1n) is 6.94. The van der Waals surface area contributed by atoms with E-state index in [2.05, 4.69) is 10.6 Å². The van der Waals surface area contributed by atoms with E-state index in [-0.39, 0.29) is 12.1 Å². The Kier molecular flexibility index (Phi) is 4.09. The van der Waals surface area contributed by atoms with Crippen LogP contribution >= 0.6 is 0 Å². The number of carbonyl (C=O) groups excluding carboxylic acids is 1. The molecule has 0 heterocycles. The van der Waals surface area contributed by atoms with Crippen molar-refractivity contribution in [3.63, 3.8) is 0 Å². The lowest BCUT2D eigenvalue weighted by atomic mass is 9.82. The summed E-state index contributed by atoms with van der Waals surface area (Å²) in [5, 5.41) is 15.0. The number of amides is 2. The number of rotatable bonds is 3. The smallest absolute Gasteiger partial charge is 0.329 e. The number of hydrogen-bond acceptors (Lipinski definition) is 2. The number of hydrogen-bond donors (Lipinski definition) is 3. The molecule has 0 bridgehead atoms. The summed E-state index contributed by atoms with van der Waals surface area (Å²) >= 11 is 0. The molecule has 0 atom stereocenters. The fourth-order valence-electron chi connectivity index (χ4n) is 3.06. The van der Waals surface area contributed by atoms with E-state index < -0.39 is 11.5 Å². The third-order valence-corrected chi connectivity index (χ3v) is 4.16. The number of urea groups is 1. The van der Waals surface area contributed by atoms with Crippen LogP contribution in [0.5, 0.6) is 0 Å². The van der Waals surface area contributed by atoms with Gasteiger partial charge in [0.25, 0.3) is 0 Å². The summed E-state index contributed by atoms with van der Waals surface area (Å²) in [5.74, 6) is -0.899. The van der Waals surface area contributed by atoms with Crippen molar-refractivity contribution in [2.75, 3.05) is 0 Å². The Morgan fingerprint density at radius 3 is 2.17 bits per heavy atom. The van der Waals surface area contributed by atoms with Crippen molar-refractivity contribution in [3.05, 3.63) is 0 Å². The molecule has 5 heteroatoms. The molecule has 0 aromatic carbocycles. The fourth-order valence-corrected chi connectivity index (χ4v) is 3.06. The lowest BCUT2D eigenvalue weighted by molar-refractivity contribution is -0.145. The zero-order valence-electron chi connectivity index (χ0n) is 10.7. The summed E-state index contributed by atoms with van der Waals surface area (Å²) in [6.07, 6.45) is 8.19. The Bertz CT molecular complexity index is 318. The van der Waals surface area contributed by atoms with Crippen LogP contribution in [-0.2, 0) is 4.79 Å². The Morgan fingerprint density at radius 1 is 1.00 bits per heavy atom. The van der Waals surface area contributed by atoms with Gasteiger partial charge in [0.05, 0.1) is 0 Å². The quantitative estimate of drug-likeness (QED) is 0.721. The van der Waals surface area contributed by atoms with Crippen molar-refractivity contribution < 1.29 is 14.7 Å². The van der Waals surface area contributed by atoms with Crippen LogP contribution in [0.15, 0.2) is 0 Å². The number of carbonyl (C=O) groups is 2. The van der Waals surface area contributed by atoms with Crippen molar-refractivity contribution in [3.8, 4) is 0 Å². The van der Waals surface area contributed by atoms with E-state index in [1.807, 2.05) is 0 Å². The summed E-state index contributed by atoms with van der Waals surface area (Å²) in [7, 11) is 0. The number of nitrogens with one attached hydrogen (secondary N) is 2. The molecule has 0 saturated heterocycles. The first-order chi connectivity index (χ1) is 8.62. The molecule has 18 heavy (non-hydrogen) atoms. The summed E-state index contributed by atoms with van der Waals surface area (Å²) in [6.45, 7) is 0.